The molecule has 0 spiro atoms. The van der Waals surface area contributed by atoms with Crippen molar-refractivity contribution in [1.29, 1.82) is 0 Å². The minimum atomic E-state index is -0.737. The Labute approximate surface area is 180 Å². The van der Waals surface area contributed by atoms with Gasteiger partial charge in [-0.05, 0) is 40.3 Å². The lowest BCUT2D eigenvalue weighted by molar-refractivity contribution is -0.130. The Balaban J connectivity index is 1.79. The second-order valence-electron chi connectivity index (χ2n) is 8.64. The van der Waals surface area contributed by atoms with Crippen LogP contribution in [0.15, 0.2) is 82.9 Å². The van der Waals surface area contributed by atoms with Crippen LogP contribution in [-0.2, 0) is 16.8 Å². The Morgan fingerprint density at radius 2 is 1.87 bits per heavy atom. The maximum Gasteiger partial charge on any atom is 0.290 e. The van der Waals surface area contributed by atoms with Crippen molar-refractivity contribution in [3.63, 3.8) is 0 Å². The first-order valence-electron chi connectivity index (χ1n) is 10.1. The van der Waals surface area contributed by atoms with E-state index in [1.165, 1.54) is 17.2 Å². The summed E-state index contributed by atoms with van der Waals surface area (Å²) >= 11 is 0. The standard InChI is InChI=1S/C25H24N2O4/c1-25(2,3)18-10-8-17(9-11-18)21-20(22(28)19-7-5-13-31-19)23(29)24(30)27(21)15-16-6-4-12-26-14-16/h4-14,21,29H,15H2,1-3H3. The number of furan rings is 1. The second-order valence-corrected chi connectivity index (χ2v) is 8.64. The predicted molar refractivity (Wildman–Crippen MR) is 115 cm³/mol. The molecule has 3 aromatic rings. The van der Waals surface area contributed by atoms with Crippen molar-refractivity contribution < 1.29 is 19.1 Å². The van der Waals surface area contributed by atoms with Gasteiger partial charge in [-0.25, -0.2) is 0 Å². The maximum atomic E-state index is 13.2. The van der Waals surface area contributed by atoms with Crippen LogP contribution in [0.25, 0.3) is 0 Å². The number of aliphatic hydroxyl groups is 1. The van der Waals surface area contributed by atoms with Crippen LogP contribution in [0.3, 0.4) is 0 Å². The Morgan fingerprint density at radius 3 is 2.45 bits per heavy atom. The molecule has 1 N–H and O–H groups in total. The molecule has 1 aliphatic rings. The number of aliphatic hydroxyl groups excluding tert-OH is 1. The lowest BCUT2D eigenvalue weighted by atomic mass is 9.85. The first-order valence-corrected chi connectivity index (χ1v) is 10.1. The molecule has 3 heterocycles. The average molecular weight is 416 g/mol. The number of carbonyl (C=O) groups is 2. The molecule has 1 atom stereocenters. The predicted octanol–water partition coefficient (Wildman–Crippen LogP) is 4.75. The molecule has 31 heavy (non-hydrogen) atoms. The van der Waals surface area contributed by atoms with Crippen molar-refractivity contribution in [2.24, 2.45) is 0 Å². The Kier molecular flexibility index (Phi) is 5.23. The van der Waals surface area contributed by atoms with Gasteiger partial charge in [-0.2, -0.15) is 0 Å². The summed E-state index contributed by atoms with van der Waals surface area (Å²) in [5.41, 5.74) is 2.65. The van der Waals surface area contributed by atoms with Crippen molar-refractivity contribution in [3.05, 3.63) is 101 Å². The van der Waals surface area contributed by atoms with E-state index in [4.69, 9.17) is 4.42 Å². The fourth-order valence-corrected chi connectivity index (χ4v) is 3.79. The lowest BCUT2D eigenvalue weighted by Crippen LogP contribution is -2.30. The van der Waals surface area contributed by atoms with Gasteiger partial charge in [0, 0.05) is 18.9 Å². The highest BCUT2D eigenvalue weighted by Crippen LogP contribution is 2.40. The number of pyridine rings is 1. The SMILES string of the molecule is CC(C)(C)c1ccc(C2C(C(=O)c3ccco3)=C(O)C(=O)N2Cc2cccnc2)cc1. The highest BCUT2D eigenvalue weighted by Gasteiger charge is 2.44. The fourth-order valence-electron chi connectivity index (χ4n) is 3.79. The molecule has 1 aromatic carbocycles. The number of Topliss-reactive ketones (excluding diaryl/α,β-unsaturated/α-hetero) is 1. The van der Waals surface area contributed by atoms with Crippen molar-refractivity contribution in [3.8, 4) is 0 Å². The molecule has 6 heteroatoms. The molecule has 0 fully saturated rings. The van der Waals surface area contributed by atoms with Gasteiger partial charge < -0.3 is 14.4 Å². The Bertz CT molecular complexity index is 1120. The molecule has 158 valence electrons. The summed E-state index contributed by atoms with van der Waals surface area (Å²) in [6, 6.07) is 13.8. The number of carbonyl (C=O) groups excluding carboxylic acids is 2. The van der Waals surface area contributed by atoms with Crippen LogP contribution in [0.1, 0.15) is 54.1 Å². The third-order valence-corrected chi connectivity index (χ3v) is 5.46. The van der Waals surface area contributed by atoms with Gasteiger partial charge in [0.2, 0.25) is 5.78 Å². The topological polar surface area (TPSA) is 83.6 Å². The van der Waals surface area contributed by atoms with E-state index >= 15 is 0 Å². The first kappa shape index (κ1) is 20.6. The molecule has 0 bridgehead atoms. The van der Waals surface area contributed by atoms with Crippen molar-refractivity contribution in [2.45, 2.75) is 38.8 Å². The van der Waals surface area contributed by atoms with E-state index in [1.54, 1.807) is 24.5 Å². The highest BCUT2D eigenvalue weighted by atomic mass is 16.3. The summed E-state index contributed by atoms with van der Waals surface area (Å²) in [7, 11) is 0. The number of nitrogens with zero attached hydrogens (tertiary/aromatic N) is 2. The van der Waals surface area contributed by atoms with E-state index in [0.29, 0.717) is 0 Å². The molecular weight excluding hydrogens is 392 g/mol. The summed E-state index contributed by atoms with van der Waals surface area (Å²) in [5, 5.41) is 10.7. The minimum Gasteiger partial charge on any atom is -0.503 e. The fraction of sp³-hybridized carbons (Fsp3) is 0.240. The zero-order valence-electron chi connectivity index (χ0n) is 17.7. The molecule has 6 nitrogen and oxygen atoms in total. The highest BCUT2D eigenvalue weighted by molar-refractivity contribution is 6.14. The second kappa shape index (κ2) is 7.87. The van der Waals surface area contributed by atoms with E-state index in [1.807, 2.05) is 30.3 Å². The van der Waals surface area contributed by atoms with Gasteiger partial charge in [0.05, 0.1) is 17.9 Å². The maximum absolute atomic E-state index is 13.2. The van der Waals surface area contributed by atoms with E-state index in [-0.39, 0.29) is 23.3 Å². The summed E-state index contributed by atoms with van der Waals surface area (Å²) in [6.45, 7) is 6.56. The zero-order chi connectivity index (χ0) is 22.2. The number of benzene rings is 1. The van der Waals surface area contributed by atoms with Crippen LogP contribution in [-0.4, -0.2) is 26.7 Å². The molecule has 1 amide bonds. The largest absolute Gasteiger partial charge is 0.503 e. The summed E-state index contributed by atoms with van der Waals surface area (Å²) in [5.74, 6) is -1.57. The third-order valence-electron chi connectivity index (χ3n) is 5.46. The Hall–Kier alpha value is -3.67. The molecule has 0 radical (unpaired) electrons. The summed E-state index contributed by atoms with van der Waals surface area (Å²) in [6.07, 6.45) is 4.71. The van der Waals surface area contributed by atoms with Crippen LogP contribution >= 0.6 is 0 Å². The van der Waals surface area contributed by atoms with Gasteiger partial charge in [0.1, 0.15) is 0 Å². The minimum absolute atomic E-state index is 0.0207. The van der Waals surface area contributed by atoms with Gasteiger partial charge in [-0.1, -0.05) is 51.1 Å². The van der Waals surface area contributed by atoms with Crippen LogP contribution in [0, 0.1) is 0 Å². The van der Waals surface area contributed by atoms with Gasteiger partial charge in [0.25, 0.3) is 5.91 Å². The van der Waals surface area contributed by atoms with Gasteiger partial charge in [0.15, 0.2) is 11.5 Å². The number of aromatic nitrogens is 1. The molecule has 1 aliphatic heterocycles. The molecule has 4 rings (SSSR count). The lowest BCUT2D eigenvalue weighted by Gasteiger charge is -2.27. The van der Waals surface area contributed by atoms with Gasteiger partial charge in [-0.3, -0.25) is 14.6 Å². The van der Waals surface area contributed by atoms with Crippen LogP contribution in [0.5, 0.6) is 0 Å². The Morgan fingerprint density at radius 1 is 1.13 bits per heavy atom. The van der Waals surface area contributed by atoms with Crippen LogP contribution in [0.2, 0.25) is 0 Å². The third kappa shape index (κ3) is 3.89. The van der Waals surface area contributed by atoms with Gasteiger partial charge in [-0.15, -0.1) is 0 Å². The number of amides is 1. The number of hydrogen-bond acceptors (Lipinski definition) is 5. The molecule has 0 saturated heterocycles. The van der Waals surface area contributed by atoms with E-state index in [9.17, 15) is 14.7 Å². The summed E-state index contributed by atoms with van der Waals surface area (Å²) < 4.78 is 5.26. The quantitative estimate of drug-likeness (QED) is 0.607. The van der Waals surface area contributed by atoms with Crippen molar-refractivity contribution >= 4 is 11.7 Å². The van der Waals surface area contributed by atoms with Crippen molar-refractivity contribution in [1.82, 2.24) is 9.88 Å². The van der Waals surface area contributed by atoms with Crippen molar-refractivity contribution in [2.75, 3.05) is 0 Å². The molecule has 2 aromatic heterocycles. The van der Waals surface area contributed by atoms with Crippen LogP contribution < -0.4 is 0 Å². The van der Waals surface area contributed by atoms with Gasteiger partial charge >= 0.3 is 0 Å². The molecule has 0 saturated carbocycles. The number of ketones is 1. The number of hydrogen-bond donors (Lipinski definition) is 1. The van der Waals surface area contributed by atoms with E-state index in [2.05, 4.69) is 25.8 Å². The average Bonchev–Trinajstić information content (AvgIpc) is 3.37. The van der Waals surface area contributed by atoms with E-state index < -0.39 is 23.5 Å². The normalized spacial score (nSPS) is 16.8. The monoisotopic (exact) mass is 416 g/mol. The van der Waals surface area contributed by atoms with Crippen LogP contribution in [0.4, 0.5) is 0 Å². The number of rotatable bonds is 5. The molecular formula is C25H24N2O4. The molecule has 0 aliphatic carbocycles. The summed E-state index contributed by atoms with van der Waals surface area (Å²) in [4.78, 5) is 31.8. The first-order chi connectivity index (χ1) is 14.8. The zero-order valence-corrected chi connectivity index (χ0v) is 17.7. The van der Waals surface area contributed by atoms with E-state index in [0.717, 1.165) is 16.7 Å². The smallest absolute Gasteiger partial charge is 0.290 e. The molecule has 1 unspecified atom stereocenters.